The Morgan fingerprint density at radius 3 is 2.61 bits per heavy atom. The molecular formula is C17H23N. The van der Waals surface area contributed by atoms with Crippen LogP contribution in [0.4, 0.5) is 0 Å². The smallest absolute Gasteiger partial charge is 0.00125 e. The Hall–Kier alpha value is -1.08. The first-order chi connectivity index (χ1) is 8.92. The van der Waals surface area contributed by atoms with Crippen LogP contribution in [0.2, 0.25) is 0 Å². The molecule has 3 rings (SSSR count). The predicted octanol–water partition coefficient (Wildman–Crippen LogP) is 3.82. The van der Waals surface area contributed by atoms with Crippen molar-refractivity contribution in [3.8, 4) is 0 Å². The summed E-state index contributed by atoms with van der Waals surface area (Å²) in [6, 6.07) is 10.6. The Morgan fingerprint density at radius 2 is 1.83 bits per heavy atom. The molecule has 0 bridgehead atoms. The molecule has 2 atom stereocenters. The summed E-state index contributed by atoms with van der Waals surface area (Å²) >= 11 is 0. The molecule has 2 unspecified atom stereocenters. The SMILES string of the molecule is C(=C\c1ccccc1)/CC1CC1CN1CCCC1. The first-order valence-electron chi connectivity index (χ1n) is 7.36. The lowest BCUT2D eigenvalue weighted by Gasteiger charge is -2.13. The summed E-state index contributed by atoms with van der Waals surface area (Å²) < 4.78 is 0. The number of allylic oxidation sites excluding steroid dienone is 1. The van der Waals surface area contributed by atoms with Crippen LogP contribution in [0, 0.1) is 11.8 Å². The molecule has 1 aromatic carbocycles. The standard InChI is InChI=1S/C17H23N/c1-2-7-15(8-3-1)9-6-10-16-13-17(16)14-18-11-4-5-12-18/h1-3,6-9,16-17H,4-5,10-14H2/b9-6+. The highest BCUT2D eigenvalue weighted by molar-refractivity contribution is 5.48. The number of hydrogen-bond donors (Lipinski definition) is 0. The van der Waals surface area contributed by atoms with Crippen LogP contribution in [0.1, 0.15) is 31.2 Å². The van der Waals surface area contributed by atoms with Crippen molar-refractivity contribution in [2.24, 2.45) is 11.8 Å². The maximum Gasteiger partial charge on any atom is 0.00125 e. The molecule has 0 radical (unpaired) electrons. The highest BCUT2D eigenvalue weighted by Crippen LogP contribution is 2.42. The van der Waals surface area contributed by atoms with Crippen molar-refractivity contribution in [3.63, 3.8) is 0 Å². The summed E-state index contributed by atoms with van der Waals surface area (Å²) in [5, 5.41) is 0. The molecule has 0 N–H and O–H groups in total. The first-order valence-corrected chi connectivity index (χ1v) is 7.36. The summed E-state index contributed by atoms with van der Waals surface area (Å²) in [4.78, 5) is 2.66. The molecule has 96 valence electrons. The van der Waals surface area contributed by atoms with E-state index < -0.39 is 0 Å². The highest BCUT2D eigenvalue weighted by Gasteiger charge is 2.37. The Labute approximate surface area is 111 Å². The van der Waals surface area contributed by atoms with Gasteiger partial charge in [0.15, 0.2) is 0 Å². The maximum absolute atomic E-state index is 2.66. The van der Waals surface area contributed by atoms with Gasteiger partial charge in [0.1, 0.15) is 0 Å². The molecule has 1 aliphatic carbocycles. The summed E-state index contributed by atoms with van der Waals surface area (Å²) in [5.74, 6) is 1.95. The van der Waals surface area contributed by atoms with Gasteiger partial charge in [0.05, 0.1) is 0 Å². The van der Waals surface area contributed by atoms with Gasteiger partial charge in [-0.2, -0.15) is 0 Å². The van der Waals surface area contributed by atoms with Crippen LogP contribution in [0.25, 0.3) is 6.08 Å². The molecule has 1 saturated heterocycles. The van der Waals surface area contributed by atoms with Crippen LogP contribution in [-0.2, 0) is 0 Å². The Kier molecular flexibility index (Phi) is 3.80. The van der Waals surface area contributed by atoms with Crippen molar-refractivity contribution in [1.82, 2.24) is 4.90 Å². The monoisotopic (exact) mass is 241 g/mol. The minimum absolute atomic E-state index is 0.963. The van der Waals surface area contributed by atoms with Gasteiger partial charge in [-0.3, -0.25) is 0 Å². The third kappa shape index (κ3) is 3.23. The Balaban J connectivity index is 1.39. The van der Waals surface area contributed by atoms with Crippen molar-refractivity contribution >= 4 is 6.08 Å². The lowest BCUT2D eigenvalue weighted by molar-refractivity contribution is 0.317. The van der Waals surface area contributed by atoms with Gasteiger partial charge in [0.2, 0.25) is 0 Å². The van der Waals surface area contributed by atoms with E-state index in [4.69, 9.17) is 0 Å². The molecule has 2 fully saturated rings. The molecule has 1 heterocycles. The largest absolute Gasteiger partial charge is 0.303 e. The van der Waals surface area contributed by atoms with Crippen LogP contribution in [-0.4, -0.2) is 24.5 Å². The van der Waals surface area contributed by atoms with E-state index in [9.17, 15) is 0 Å². The van der Waals surface area contributed by atoms with E-state index >= 15 is 0 Å². The van der Waals surface area contributed by atoms with Gasteiger partial charge < -0.3 is 4.90 Å². The van der Waals surface area contributed by atoms with Gasteiger partial charge in [-0.05, 0) is 56.2 Å². The van der Waals surface area contributed by atoms with Crippen LogP contribution >= 0.6 is 0 Å². The van der Waals surface area contributed by atoms with Gasteiger partial charge in [0, 0.05) is 6.54 Å². The van der Waals surface area contributed by atoms with Crippen LogP contribution in [0.5, 0.6) is 0 Å². The van der Waals surface area contributed by atoms with E-state index in [-0.39, 0.29) is 0 Å². The molecular weight excluding hydrogens is 218 g/mol. The minimum atomic E-state index is 0.963. The van der Waals surface area contributed by atoms with Gasteiger partial charge in [0.25, 0.3) is 0 Å². The molecule has 0 amide bonds. The Morgan fingerprint density at radius 1 is 1.06 bits per heavy atom. The molecule has 1 aliphatic heterocycles. The third-order valence-electron chi connectivity index (χ3n) is 4.31. The fourth-order valence-corrected chi connectivity index (χ4v) is 3.06. The third-order valence-corrected chi connectivity index (χ3v) is 4.31. The van der Waals surface area contributed by atoms with Crippen molar-refractivity contribution in [1.29, 1.82) is 0 Å². The van der Waals surface area contributed by atoms with E-state index in [0.717, 1.165) is 11.8 Å². The van der Waals surface area contributed by atoms with E-state index in [1.165, 1.54) is 50.9 Å². The van der Waals surface area contributed by atoms with Gasteiger partial charge in [-0.1, -0.05) is 42.5 Å². The van der Waals surface area contributed by atoms with E-state index in [1.807, 2.05) is 0 Å². The number of hydrogen-bond acceptors (Lipinski definition) is 1. The number of nitrogens with zero attached hydrogens (tertiary/aromatic N) is 1. The van der Waals surface area contributed by atoms with Crippen molar-refractivity contribution in [3.05, 3.63) is 42.0 Å². The van der Waals surface area contributed by atoms with Crippen molar-refractivity contribution < 1.29 is 0 Å². The lowest BCUT2D eigenvalue weighted by Crippen LogP contribution is -2.22. The van der Waals surface area contributed by atoms with E-state index in [1.54, 1.807) is 0 Å². The molecule has 1 heteroatoms. The minimum Gasteiger partial charge on any atom is -0.303 e. The number of likely N-dealkylation sites (tertiary alicyclic amines) is 1. The average Bonchev–Trinajstić information content (AvgIpc) is 2.91. The van der Waals surface area contributed by atoms with Crippen molar-refractivity contribution in [2.45, 2.75) is 25.7 Å². The summed E-state index contributed by atoms with van der Waals surface area (Å²) in [6.07, 6.45) is 10.2. The topological polar surface area (TPSA) is 3.24 Å². The quantitative estimate of drug-likeness (QED) is 0.757. The summed E-state index contributed by atoms with van der Waals surface area (Å²) in [5.41, 5.74) is 1.33. The van der Waals surface area contributed by atoms with Crippen LogP contribution < -0.4 is 0 Å². The molecule has 2 aliphatic rings. The summed E-state index contributed by atoms with van der Waals surface area (Å²) in [7, 11) is 0. The van der Waals surface area contributed by atoms with Crippen LogP contribution in [0.3, 0.4) is 0 Å². The fourth-order valence-electron chi connectivity index (χ4n) is 3.06. The second kappa shape index (κ2) is 5.71. The molecule has 1 nitrogen and oxygen atoms in total. The molecule has 1 aromatic rings. The summed E-state index contributed by atoms with van der Waals surface area (Å²) in [6.45, 7) is 4.07. The first kappa shape index (κ1) is 12.0. The second-order valence-corrected chi connectivity index (χ2v) is 5.81. The zero-order chi connectivity index (χ0) is 12.2. The highest BCUT2D eigenvalue weighted by atomic mass is 15.1. The van der Waals surface area contributed by atoms with E-state index in [0.29, 0.717) is 0 Å². The van der Waals surface area contributed by atoms with E-state index in [2.05, 4.69) is 47.4 Å². The molecule has 0 aromatic heterocycles. The van der Waals surface area contributed by atoms with Gasteiger partial charge in [-0.25, -0.2) is 0 Å². The predicted molar refractivity (Wildman–Crippen MR) is 77.4 cm³/mol. The number of rotatable bonds is 5. The Bertz CT molecular complexity index is 389. The fraction of sp³-hybridized carbons (Fsp3) is 0.529. The second-order valence-electron chi connectivity index (χ2n) is 5.81. The van der Waals surface area contributed by atoms with Gasteiger partial charge in [-0.15, -0.1) is 0 Å². The molecule has 1 saturated carbocycles. The lowest BCUT2D eigenvalue weighted by atomic mass is 10.1. The van der Waals surface area contributed by atoms with Gasteiger partial charge >= 0.3 is 0 Å². The molecule has 18 heavy (non-hydrogen) atoms. The number of benzene rings is 1. The maximum atomic E-state index is 2.66. The van der Waals surface area contributed by atoms with Crippen LogP contribution in [0.15, 0.2) is 36.4 Å². The van der Waals surface area contributed by atoms with Crippen molar-refractivity contribution in [2.75, 3.05) is 19.6 Å². The average molecular weight is 241 g/mol. The molecule has 0 spiro atoms. The zero-order valence-corrected chi connectivity index (χ0v) is 11.1. The zero-order valence-electron chi connectivity index (χ0n) is 11.1. The normalized spacial score (nSPS) is 28.0.